The van der Waals surface area contributed by atoms with E-state index in [1.807, 2.05) is 25.1 Å². The molecule has 0 saturated heterocycles. The summed E-state index contributed by atoms with van der Waals surface area (Å²) in [7, 11) is 1.77. The number of hydrogen-bond acceptors (Lipinski definition) is 4. The SMILES string of the molecule is Cc1oc2ccc(O)cc2c1C(=O)N(C)C(C)Cc1ccccn1. The number of nitrogens with zero attached hydrogens (tertiary/aromatic N) is 2. The number of carbonyl (C=O) groups is 1. The molecule has 2 aromatic heterocycles. The van der Waals surface area contributed by atoms with E-state index in [4.69, 9.17) is 4.42 Å². The molecule has 0 spiro atoms. The number of rotatable bonds is 4. The van der Waals surface area contributed by atoms with Gasteiger partial charge in [-0.25, -0.2) is 0 Å². The molecule has 2 heterocycles. The van der Waals surface area contributed by atoms with Gasteiger partial charge in [0.15, 0.2) is 0 Å². The molecule has 0 aliphatic rings. The van der Waals surface area contributed by atoms with Crippen molar-refractivity contribution in [2.24, 2.45) is 0 Å². The second-order valence-corrected chi connectivity index (χ2v) is 6.00. The Kier molecular flexibility index (Phi) is 4.25. The van der Waals surface area contributed by atoms with Crippen molar-refractivity contribution in [3.05, 3.63) is 59.6 Å². The lowest BCUT2D eigenvalue weighted by Crippen LogP contribution is -2.36. The Hall–Kier alpha value is -2.82. The predicted molar refractivity (Wildman–Crippen MR) is 92.1 cm³/mol. The number of pyridine rings is 1. The summed E-state index contributed by atoms with van der Waals surface area (Å²) in [6, 6.07) is 10.5. The monoisotopic (exact) mass is 324 g/mol. The predicted octanol–water partition coefficient (Wildman–Crippen LogP) is 3.55. The van der Waals surface area contributed by atoms with Crippen LogP contribution in [-0.2, 0) is 6.42 Å². The minimum Gasteiger partial charge on any atom is -0.508 e. The number of aromatic hydroxyl groups is 1. The lowest BCUT2D eigenvalue weighted by atomic mass is 10.1. The number of likely N-dealkylation sites (N-methyl/N-ethyl adjacent to an activating group) is 1. The van der Waals surface area contributed by atoms with Crippen molar-refractivity contribution in [2.45, 2.75) is 26.3 Å². The number of carbonyl (C=O) groups excluding carboxylic acids is 1. The first-order chi connectivity index (χ1) is 11.5. The van der Waals surface area contributed by atoms with E-state index < -0.39 is 0 Å². The Bertz CT molecular complexity index is 871. The van der Waals surface area contributed by atoms with Gasteiger partial charge in [-0.1, -0.05) is 6.07 Å². The lowest BCUT2D eigenvalue weighted by molar-refractivity contribution is 0.0743. The number of benzene rings is 1. The van der Waals surface area contributed by atoms with Crippen molar-refractivity contribution in [3.63, 3.8) is 0 Å². The molecule has 0 radical (unpaired) electrons. The highest BCUT2D eigenvalue weighted by Crippen LogP contribution is 2.29. The molecule has 124 valence electrons. The summed E-state index contributed by atoms with van der Waals surface area (Å²) in [6.45, 7) is 3.75. The lowest BCUT2D eigenvalue weighted by Gasteiger charge is -2.24. The van der Waals surface area contributed by atoms with Crippen LogP contribution in [-0.4, -0.2) is 34.0 Å². The molecule has 5 heteroatoms. The van der Waals surface area contributed by atoms with Crippen molar-refractivity contribution in [1.82, 2.24) is 9.88 Å². The third-order valence-electron chi connectivity index (χ3n) is 4.27. The number of aryl methyl sites for hydroxylation is 1. The van der Waals surface area contributed by atoms with Crippen LogP contribution in [0.4, 0.5) is 0 Å². The Morgan fingerprint density at radius 2 is 2.12 bits per heavy atom. The molecule has 3 aromatic rings. The van der Waals surface area contributed by atoms with Crippen molar-refractivity contribution in [2.75, 3.05) is 7.05 Å². The van der Waals surface area contributed by atoms with E-state index in [2.05, 4.69) is 4.98 Å². The molecule has 3 rings (SSSR count). The number of aromatic nitrogens is 1. The molecule has 1 aromatic carbocycles. The van der Waals surface area contributed by atoms with Crippen molar-refractivity contribution in [3.8, 4) is 5.75 Å². The Morgan fingerprint density at radius 1 is 1.33 bits per heavy atom. The average molecular weight is 324 g/mol. The number of amides is 1. The Morgan fingerprint density at radius 3 is 2.83 bits per heavy atom. The van der Waals surface area contributed by atoms with E-state index in [-0.39, 0.29) is 17.7 Å². The van der Waals surface area contributed by atoms with Gasteiger partial charge in [-0.15, -0.1) is 0 Å². The van der Waals surface area contributed by atoms with Gasteiger partial charge in [-0.3, -0.25) is 9.78 Å². The van der Waals surface area contributed by atoms with Crippen LogP contribution < -0.4 is 0 Å². The third-order valence-corrected chi connectivity index (χ3v) is 4.27. The van der Waals surface area contributed by atoms with E-state index in [1.165, 1.54) is 0 Å². The zero-order valence-corrected chi connectivity index (χ0v) is 14.0. The summed E-state index contributed by atoms with van der Waals surface area (Å²) >= 11 is 0. The van der Waals surface area contributed by atoms with Gasteiger partial charge in [0.05, 0.1) is 5.56 Å². The molecule has 24 heavy (non-hydrogen) atoms. The Balaban J connectivity index is 1.88. The highest BCUT2D eigenvalue weighted by Gasteiger charge is 2.24. The number of fused-ring (bicyclic) bond motifs is 1. The van der Waals surface area contributed by atoms with Crippen LogP contribution in [0.2, 0.25) is 0 Å². The largest absolute Gasteiger partial charge is 0.508 e. The van der Waals surface area contributed by atoms with Crippen molar-refractivity contribution >= 4 is 16.9 Å². The van der Waals surface area contributed by atoms with Gasteiger partial charge in [0.2, 0.25) is 0 Å². The zero-order chi connectivity index (χ0) is 17.3. The molecule has 0 bridgehead atoms. The molecule has 0 aliphatic heterocycles. The summed E-state index contributed by atoms with van der Waals surface area (Å²) in [5.74, 6) is 0.541. The average Bonchev–Trinajstić information content (AvgIpc) is 2.89. The molecule has 0 saturated carbocycles. The Labute approximate surface area is 140 Å². The topological polar surface area (TPSA) is 66.6 Å². The van der Waals surface area contributed by atoms with Crippen LogP contribution >= 0.6 is 0 Å². The standard InChI is InChI=1S/C19H20N2O3/c1-12(10-14-6-4-5-9-20-14)21(3)19(23)18-13(2)24-17-8-7-15(22)11-16(17)18/h4-9,11-12,22H,10H2,1-3H3. The van der Waals surface area contributed by atoms with E-state index in [9.17, 15) is 9.90 Å². The van der Waals surface area contributed by atoms with Gasteiger partial charge in [0.25, 0.3) is 5.91 Å². The zero-order valence-electron chi connectivity index (χ0n) is 14.0. The fourth-order valence-electron chi connectivity index (χ4n) is 2.81. The van der Waals surface area contributed by atoms with Gasteiger partial charge in [0.1, 0.15) is 17.1 Å². The normalized spacial score (nSPS) is 12.3. The van der Waals surface area contributed by atoms with Crippen molar-refractivity contribution in [1.29, 1.82) is 0 Å². The van der Waals surface area contributed by atoms with Gasteiger partial charge in [-0.2, -0.15) is 0 Å². The molecular formula is C19H20N2O3. The van der Waals surface area contributed by atoms with Crippen LogP contribution in [0.3, 0.4) is 0 Å². The first-order valence-corrected chi connectivity index (χ1v) is 7.86. The second kappa shape index (κ2) is 6.35. The van der Waals surface area contributed by atoms with Gasteiger partial charge in [-0.05, 0) is 44.2 Å². The van der Waals surface area contributed by atoms with Gasteiger partial charge < -0.3 is 14.4 Å². The fourth-order valence-corrected chi connectivity index (χ4v) is 2.81. The minimum atomic E-state index is -0.125. The molecule has 1 N–H and O–H groups in total. The highest BCUT2D eigenvalue weighted by atomic mass is 16.3. The summed E-state index contributed by atoms with van der Waals surface area (Å²) < 4.78 is 5.65. The third kappa shape index (κ3) is 2.97. The van der Waals surface area contributed by atoms with Crippen LogP contribution in [0, 0.1) is 6.92 Å². The number of phenols is 1. The minimum absolute atomic E-state index is 0.0194. The van der Waals surface area contributed by atoms with Gasteiger partial charge in [0, 0.05) is 36.8 Å². The molecular weight excluding hydrogens is 304 g/mol. The van der Waals surface area contributed by atoms with Crippen LogP contribution in [0.15, 0.2) is 47.0 Å². The highest BCUT2D eigenvalue weighted by molar-refractivity contribution is 6.07. The van der Waals surface area contributed by atoms with Crippen LogP contribution in [0.1, 0.15) is 28.7 Å². The van der Waals surface area contributed by atoms with E-state index in [1.54, 1.807) is 43.3 Å². The van der Waals surface area contributed by atoms with Crippen LogP contribution in [0.5, 0.6) is 5.75 Å². The summed E-state index contributed by atoms with van der Waals surface area (Å²) in [5.41, 5.74) is 2.03. The molecule has 1 atom stereocenters. The number of furan rings is 1. The maximum Gasteiger partial charge on any atom is 0.258 e. The van der Waals surface area contributed by atoms with Crippen molar-refractivity contribution < 1.29 is 14.3 Å². The maximum absolute atomic E-state index is 12.9. The summed E-state index contributed by atoms with van der Waals surface area (Å²) in [6.07, 6.45) is 2.42. The number of phenolic OH excluding ortho intramolecular Hbond substituents is 1. The summed E-state index contributed by atoms with van der Waals surface area (Å²) in [4.78, 5) is 19.0. The van der Waals surface area contributed by atoms with E-state index in [0.717, 1.165) is 5.69 Å². The quantitative estimate of drug-likeness (QED) is 0.797. The first-order valence-electron chi connectivity index (χ1n) is 7.86. The molecule has 1 unspecified atom stereocenters. The molecule has 5 nitrogen and oxygen atoms in total. The van der Waals surface area contributed by atoms with Gasteiger partial charge >= 0.3 is 0 Å². The number of hydrogen-bond donors (Lipinski definition) is 1. The molecule has 0 fully saturated rings. The van der Waals surface area contributed by atoms with E-state index in [0.29, 0.717) is 28.7 Å². The van der Waals surface area contributed by atoms with Crippen LogP contribution in [0.25, 0.3) is 11.0 Å². The smallest absolute Gasteiger partial charge is 0.258 e. The maximum atomic E-state index is 12.9. The molecule has 1 amide bonds. The molecule has 0 aliphatic carbocycles. The second-order valence-electron chi connectivity index (χ2n) is 6.00. The fraction of sp³-hybridized carbons (Fsp3) is 0.263. The summed E-state index contributed by atoms with van der Waals surface area (Å²) in [5, 5.41) is 10.3. The van der Waals surface area contributed by atoms with E-state index >= 15 is 0 Å². The first kappa shape index (κ1) is 16.1.